The van der Waals surface area contributed by atoms with E-state index in [1.165, 1.54) is 29.7 Å². The fourth-order valence-electron chi connectivity index (χ4n) is 3.30. The molecule has 0 aromatic heterocycles. The van der Waals surface area contributed by atoms with Crippen molar-refractivity contribution in [2.75, 3.05) is 32.8 Å². The Hall–Kier alpha value is -2.93. The lowest BCUT2D eigenvalue weighted by molar-refractivity contribution is 0.0380. The molecule has 0 bridgehead atoms. The van der Waals surface area contributed by atoms with Gasteiger partial charge in [0.15, 0.2) is 0 Å². The molecule has 0 aromatic rings. The second kappa shape index (κ2) is 24.1. The molecule has 39 heavy (non-hydrogen) atoms. The van der Waals surface area contributed by atoms with E-state index >= 15 is 0 Å². The summed E-state index contributed by atoms with van der Waals surface area (Å²) in [6.45, 7) is 21.3. The van der Waals surface area contributed by atoms with Crippen molar-refractivity contribution < 1.29 is 4.74 Å². The number of nitrogens with zero attached hydrogens (tertiary/aromatic N) is 3. The molecule has 216 valence electrons. The van der Waals surface area contributed by atoms with Crippen molar-refractivity contribution in [2.45, 2.75) is 60.8 Å². The molecule has 7 heteroatoms. The standard InChI is InChI=1S/C10H14N2.C9H13Cl.C7H15NO.C6H8N2/c1-4-8-7-12-10(11-6-3)9(8)5-2;1-4-8(3)6-7-9(10)5-2;1-2-3-8-4-6-9-7-5-8;7-6-4-2-1-3-5-8-6/h5-7H,3-4H2,1-2H3,(H,11,12);4-7H,1-3H3;2-7H2,1H3;2-5H,1H2,(H2,7,8)/b9-5-;7-6-,8-4-,9-5+;;. The molecule has 0 atom stereocenters. The monoisotopic (exact) mass is 555 g/mol. The first-order chi connectivity index (χ1) is 18.9. The van der Waals surface area contributed by atoms with Gasteiger partial charge in [0.05, 0.1) is 13.2 Å². The Kier molecular flexibility index (Phi) is 22.3. The van der Waals surface area contributed by atoms with Crippen LogP contribution in [0.5, 0.6) is 0 Å². The van der Waals surface area contributed by atoms with Gasteiger partial charge in [-0.05, 0) is 77.4 Å². The molecule has 3 heterocycles. The zero-order valence-electron chi connectivity index (χ0n) is 24.9. The zero-order chi connectivity index (χ0) is 29.3. The maximum atomic E-state index is 5.71. The molecule has 0 saturated carbocycles. The van der Waals surface area contributed by atoms with Crippen LogP contribution in [0.1, 0.15) is 60.8 Å². The predicted octanol–water partition coefficient (Wildman–Crippen LogP) is 7.57. The fraction of sp³-hybridized carbons (Fsp3) is 0.438. The zero-order valence-corrected chi connectivity index (χ0v) is 25.7. The Labute approximate surface area is 242 Å². The van der Waals surface area contributed by atoms with Crippen LogP contribution in [0.15, 0.2) is 106 Å². The van der Waals surface area contributed by atoms with Gasteiger partial charge in [-0.2, -0.15) is 0 Å². The van der Waals surface area contributed by atoms with E-state index in [0.717, 1.165) is 50.0 Å². The number of amidine groups is 2. The van der Waals surface area contributed by atoms with Crippen molar-refractivity contribution in [2.24, 2.45) is 15.7 Å². The van der Waals surface area contributed by atoms with Crippen molar-refractivity contribution in [1.29, 1.82) is 0 Å². The third-order valence-corrected chi connectivity index (χ3v) is 5.97. The molecule has 1 fully saturated rings. The molecule has 1 saturated heterocycles. The summed E-state index contributed by atoms with van der Waals surface area (Å²) in [6.07, 6.45) is 24.1. The van der Waals surface area contributed by atoms with E-state index in [1.807, 2.05) is 70.4 Å². The summed E-state index contributed by atoms with van der Waals surface area (Å²) in [7, 11) is 0. The molecular weight excluding hydrogens is 506 g/mol. The second-order valence-corrected chi connectivity index (χ2v) is 9.04. The molecule has 3 rings (SSSR count). The Bertz CT molecular complexity index is 952. The first-order valence-electron chi connectivity index (χ1n) is 13.8. The Balaban J connectivity index is 0.000000499. The summed E-state index contributed by atoms with van der Waals surface area (Å²) in [4.78, 5) is 10.5. The van der Waals surface area contributed by atoms with Crippen LogP contribution in [0.4, 0.5) is 0 Å². The minimum absolute atomic E-state index is 0.582. The van der Waals surface area contributed by atoms with Crippen molar-refractivity contribution in [3.8, 4) is 0 Å². The van der Waals surface area contributed by atoms with Gasteiger partial charge in [0.1, 0.15) is 11.7 Å². The molecule has 3 aliphatic rings. The number of nitrogens with one attached hydrogen (secondary N) is 1. The van der Waals surface area contributed by atoms with Gasteiger partial charge in [-0.3, -0.25) is 4.90 Å². The van der Waals surface area contributed by atoms with Crippen molar-refractivity contribution in [1.82, 2.24) is 10.2 Å². The lowest BCUT2D eigenvalue weighted by Crippen LogP contribution is -2.36. The average Bonchev–Trinajstić information content (AvgIpc) is 3.20. The number of aliphatic imine (C=N–C) groups is 2. The van der Waals surface area contributed by atoms with Crippen LogP contribution >= 0.6 is 11.6 Å². The largest absolute Gasteiger partial charge is 0.384 e. The molecule has 0 aliphatic carbocycles. The lowest BCUT2D eigenvalue weighted by Gasteiger charge is -2.25. The highest BCUT2D eigenvalue weighted by Crippen LogP contribution is 2.20. The highest BCUT2D eigenvalue weighted by molar-refractivity contribution is 6.31. The predicted molar refractivity (Wildman–Crippen MR) is 173 cm³/mol. The quantitative estimate of drug-likeness (QED) is 0.331. The molecule has 0 aromatic carbocycles. The minimum atomic E-state index is 0.582. The smallest absolute Gasteiger partial charge is 0.137 e. The third kappa shape index (κ3) is 18.1. The molecule has 3 aliphatic heterocycles. The molecule has 0 unspecified atom stereocenters. The summed E-state index contributed by atoms with van der Waals surface area (Å²) in [6, 6.07) is 0. The summed E-state index contributed by atoms with van der Waals surface area (Å²) >= 11 is 5.71. The van der Waals surface area contributed by atoms with Gasteiger partial charge in [-0.1, -0.05) is 74.1 Å². The number of nitrogens with two attached hydrogens (primary N) is 1. The summed E-state index contributed by atoms with van der Waals surface area (Å²) in [5, 5.41) is 3.78. The SMILES string of the molecule is C=CNC1=NC=C(CC)/C1=C/C.CCCN1CCOCC1.C\C=C(C)/C=C\C(Cl)=C/C.NC1=NC=CCC=C1. The van der Waals surface area contributed by atoms with E-state index in [-0.39, 0.29) is 0 Å². The number of halogens is 1. The second-order valence-electron chi connectivity index (χ2n) is 8.61. The van der Waals surface area contributed by atoms with Crippen LogP contribution in [0, 0.1) is 0 Å². The van der Waals surface area contributed by atoms with E-state index in [9.17, 15) is 0 Å². The van der Waals surface area contributed by atoms with Gasteiger partial charge in [0.25, 0.3) is 0 Å². The molecule has 0 spiro atoms. The topological polar surface area (TPSA) is 75.2 Å². The van der Waals surface area contributed by atoms with Gasteiger partial charge >= 0.3 is 0 Å². The number of ether oxygens (including phenoxy) is 1. The summed E-state index contributed by atoms with van der Waals surface area (Å²) in [5.41, 5.74) is 9.04. The van der Waals surface area contributed by atoms with Crippen molar-refractivity contribution >= 4 is 23.3 Å². The minimum Gasteiger partial charge on any atom is -0.384 e. The third-order valence-electron chi connectivity index (χ3n) is 5.63. The van der Waals surface area contributed by atoms with Gasteiger partial charge in [0.2, 0.25) is 0 Å². The number of allylic oxidation sites excluding steroid dienone is 9. The maximum absolute atomic E-state index is 5.71. The Morgan fingerprint density at radius 3 is 2.41 bits per heavy atom. The first kappa shape index (κ1) is 36.1. The highest BCUT2D eigenvalue weighted by atomic mass is 35.5. The molecular formula is C32H50ClN5O. The number of hydrogen-bond acceptors (Lipinski definition) is 6. The van der Waals surface area contributed by atoms with E-state index in [1.54, 1.807) is 18.5 Å². The maximum Gasteiger partial charge on any atom is 0.137 e. The van der Waals surface area contributed by atoms with Gasteiger partial charge in [-0.15, -0.1) is 0 Å². The van der Waals surface area contributed by atoms with Crippen molar-refractivity contribution in [3.63, 3.8) is 0 Å². The van der Waals surface area contributed by atoms with E-state index in [4.69, 9.17) is 22.1 Å². The van der Waals surface area contributed by atoms with E-state index < -0.39 is 0 Å². The molecule has 3 N–H and O–H groups in total. The molecule has 6 nitrogen and oxygen atoms in total. The Morgan fingerprint density at radius 2 is 1.85 bits per heavy atom. The first-order valence-corrected chi connectivity index (χ1v) is 14.1. The fourth-order valence-corrected chi connectivity index (χ4v) is 3.37. The normalized spacial score (nSPS) is 18.4. The number of hydrogen-bond donors (Lipinski definition) is 2. The van der Waals surface area contributed by atoms with Gasteiger partial charge in [-0.25, -0.2) is 9.98 Å². The van der Waals surface area contributed by atoms with Gasteiger partial charge in [0, 0.05) is 36.1 Å². The highest BCUT2D eigenvalue weighted by Gasteiger charge is 2.13. The van der Waals surface area contributed by atoms with Crippen LogP contribution in [0.25, 0.3) is 0 Å². The summed E-state index contributed by atoms with van der Waals surface area (Å²) < 4.78 is 5.20. The van der Waals surface area contributed by atoms with Gasteiger partial charge < -0.3 is 15.8 Å². The van der Waals surface area contributed by atoms with Crippen LogP contribution in [-0.4, -0.2) is 49.4 Å². The molecule has 0 amide bonds. The number of morpholine rings is 1. The van der Waals surface area contributed by atoms with Crippen LogP contribution in [0.3, 0.4) is 0 Å². The molecule has 0 radical (unpaired) electrons. The summed E-state index contributed by atoms with van der Waals surface area (Å²) in [5.74, 6) is 1.49. The van der Waals surface area contributed by atoms with E-state index in [2.05, 4.69) is 46.7 Å². The van der Waals surface area contributed by atoms with E-state index in [0.29, 0.717) is 5.84 Å². The van der Waals surface area contributed by atoms with Crippen LogP contribution < -0.4 is 11.1 Å². The average molecular weight is 556 g/mol. The number of rotatable bonds is 6. The van der Waals surface area contributed by atoms with Crippen molar-refractivity contribution in [3.05, 3.63) is 95.5 Å². The lowest BCUT2D eigenvalue weighted by atomic mass is 10.1. The Morgan fingerprint density at radius 1 is 1.13 bits per heavy atom. The van der Waals surface area contributed by atoms with Crippen LogP contribution in [0.2, 0.25) is 0 Å². The van der Waals surface area contributed by atoms with Crippen LogP contribution in [-0.2, 0) is 4.74 Å².